The maximum Gasteiger partial charge on any atom is 0.231 e. The van der Waals surface area contributed by atoms with Gasteiger partial charge in [0.1, 0.15) is 0 Å². The number of hydrogen-bond acceptors (Lipinski definition) is 4. The van der Waals surface area contributed by atoms with E-state index < -0.39 is 0 Å². The van der Waals surface area contributed by atoms with E-state index in [0.29, 0.717) is 15.9 Å². The second kappa shape index (κ2) is 8.59. The zero-order valence-electron chi connectivity index (χ0n) is 19.2. The lowest BCUT2D eigenvalue weighted by Crippen LogP contribution is -2.29. The number of para-hydroxylation sites is 1. The Morgan fingerprint density at radius 2 is 1.80 bits per heavy atom. The molecule has 1 fully saturated rings. The molecule has 2 aromatic heterocycles. The molecule has 35 heavy (non-hydrogen) atoms. The second-order valence-corrected chi connectivity index (χ2v) is 9.44. The van der Waals surface area contributed by atoms with Gasteiger partial charge in [-0.05, 0) is 74.1 Å². The van der Waals surface area contributed by atoms with Gasteiger partial charge in [0.15, 0.2) is 16.6 Å². The maximum absolute atomic E-state index is 6.60. The number of benzene rings is 2. The summed E-state index contributed by atoms with van der Waals surface area (Å²) in [5.74, 6) is 1.45. The summed E-state index contributed by atoms with van der Waals surface area (Å²) in [5.41, 5.74) is 6.13. The van der Waals surface area contributed by atoms with Gasteiger partial charge < -0.3 is 24.3 Å². The number of pyridine rings is 1. The molecule has 6 nitrogen and oxygen atoms in total. The molecule has 4 heterocycles. The number of aromatic nitrogens is 2. The summed E-state index contributed by atoms with van der Waals surface area (Å²) in [7, 11) is 0. The van der Waals surface area contributed by atoms with Crippen LogP contribution in [-0.4, -0.2) is 21.5 Å². The van der Waals surface area contributed by atoms with Crippen LogP contribution in [0.4, 0.5) is 5.69 Å². The van der Waals surface area contributed by atoms with Crippen LogP contribution in [0.25, 0.3) is 5.69 Å². The average Bonchev–Trinajstić information content (AvgIpc) is 3.55. The van der Waals surface area contributed by atoms with Crippen LogP contribution in [0.5, 0.6) is 11.5 Å². The molecule has 0 spiro atoms. The van der Waals surface area contributed by atoms with Crippen LogP contribution in [0.15, 0.2) is 72.9 Å². The molecule has 0 radical (unpaired) electrons. The fourth-order valence-corrected chi connectivity index (χ4v) is 5.64. The van der Waals surface area contributed by atoms with Crippen LogP contribution >= 0.6 is 23.8 Å². The van der Waals surface area contributed by atoms with Gasteiger partial charge in [-0.2, -0.15) is 0 Å². The van der Waals surface area contributed by atoms with Gasteiger partial charge in [-0.25, -0.2) is 0 Å². The minimum absolute atomic E-state index is 0.139. The van der Waals surface area contributed by atoms with E-state index in [4.69, 9.17) is 33.3 Å². The molecule has 0 bridgehead atoms. The van der Waals surface area contributed by atoms with Crippen molar-refractivity contribution in [1.82, 2.24) is 14.9 Å². The predicted octanol–water partition coefficient (Wildman–Crippen LogP) is 6.05. The van der Waals surface area contributed by atoms with Gasteiger partial charge in [-0.15, -0.1) is 0 Å². The third-order valence-corrected chi connectivity index (χ3v) is 7.25. The minimum Gasteiger partial charge on any atom is -0.454 e. The molecule has 2 atom stereocenters. The highest BCUT2D eigenvalue weighted by Gasteiger charge is 2.42. The molecule has 176 valence electrons. The first kappa shape index (κ1) is 21.9. The van der Waals surface area contributed by atoms with E-state index >= 15 is 0 Å². The number of fused-ring (bicyclic) bond motifs is 1. The molecular weight excluding hydrogens is 480 g/mol. The summed E-state index contributed by atoms with van der Waals surface area (Å²) in [6.45, 7) is 4.45. The smallest absolute Gasteiger partial charge is 0.231 e. The fraction of sp³-hybridized carbons (Fsp3) is 0.185. The summed E-state index contributed by atoms with van der Waals surface area (Å²) in [4.78, 5) is 6.81. The SMILES string of the molecule is Cc1cc([C@@H]2[C@@H](c3ccccn3)NC(=S)N2c2ccc3c(c2)OCO3)c(C)n1-c1ccccc1Cl. The molecule has 1 N–H and O–H groups in total. The first-order valence-electron chi connectivity index (χ1n) is 11.4. The minimum atomic E-state index is -0.144. The monoisotopic (exact) mass is 502 g/mol. The van der Waals surface area contributed by atoms with E-state index in [-0.39, 0.29) is 18.9 Å². The molecule has 2 aromatic carbocycles. The molecule has 1 saturated heterocycles. The second-order valence-electron chi connectivity index (χ2n) is 8.65. The standard InChI is InChI=1S/C27H23ClN4O2S/c1-16-13-19(17(2)31(16)22-9-4-3-7-20(22)28)26-25(21-8-5-6-12-29-21)30-27(35)32(26)18-10-11-23-24(14-18)34-15-33-23/h3-14,25-26H,15H2,1-2H3,(H,30,35)/t25-,26-/m1/s1. The number of nitrogens with one attached hydrogen (secondary N) is 1. The van der Waals surface area contributed by atoms with E-state index in [0.717, 1.165) is 39.8 Å². The Morgan fingerprint density at radius 1 is 1.00 bits per heavy atom. The van der Waals surface area contributed by atoms with Gasteiger partial charge in [0, 0.05) is 29.3 Å². The number of hydrogen-bond donors (Lipinski definition) is 1. The summed E-state index contributed by atoms with van der Waals surface area (Å²) >= 11 is 12.5. The highest BCUT2D eigenvalue weighted by Crippen LogP contribution is 2.46. The molecule has 2 aliphatic rings. The lowest BCUT2D eigenvalue weighted by atomic mass is 9.96. The quantitative estimate of drug-likeness (QED) is 0.343. The Hall–Kier alpha value is -3.55. The zero-order valence-corrected chi connectivity index (χ0v) is 20.8. The van der Waals surface area contributed by atoms with Crippen molar-refractivity contribution in [3.8, 4) is 17.2 Å². The number of nitrogens with zero attached hydrogens (tertiary/aromatic N) is 3. The fourth-order valence-electron chi connectivity index (χ4n) is 5.07. The van der Waals surface area contributed by atoms with Gasteiger partial charge in [0.05, 0.1) is 28.5 Å². The van der Waals surface area contributed by atoms with Crippen LogP contribution in [0.1, 0.15) is 34.7 Å². The summed E-state index contributed by atoms with van der Waals surface area (Å²) in [5, 5.41) is 4.86. The number of rotatable bonds is 4. The van der Waals surface area contributed by atoms with E-state index in [1.54, 1.807) is 0 Å². The van der Waals surface area contributed by atoms with Crippen LogP contribution in [0.3, 0.4) is 0 Å². The first-order valence-corrected chi connectivity index (χ1v) is 12.2. The predicted molar refractivity (Wildman–Crippen MR) is 141 cm³/mol. The average molecular weight is 503 g/mol. The normalized spacial score (nSPS) is 18.7. The van der Waals surface area contributed by atoms with E-state index in [1.165, 1.54) is 0 Å². The number of thiocarbonyl (C=S) groups is 1. The van der Waals surface area contributed by atoms with Crippen LogP contribution in [-0.2, 0) is 0 Å². The molecule has 0 amide bonds. The number of aryl methyl sites for hydroxylation is 1. The van der Waals surface area contributed by atoms with Crippen LogP contribution < -0.4 is 19.7 Å². The molecule has 0 unspecified atom stereocenters. The topological polar surface area (TPSA) is 51.6 Å². The largest absolute Gasteiger partial charge is 0.454 e. The first-order chi connectivity index (χ1) is 17.0. The molecule has 0 aliphatic carbocycles. The lowest BCUT2D eigenvalue weighted by Gasteiger charge is -2.28. The molecule has 0 saturated carbocycles. The van der Waals surface area contributed by atoms with Gasteiger partial charge in [0.25, 0.3) is 0 Å². The van der Waals surface area contributed by atoms with Crippen molar-refractivity contribution in [2.75, 3.05) is 11.7 Å². The van der Waals surface area contributed by atoms with Crippen molar-refractivity contribution in [2.24, 2.45) is 0 Å². The highest BCUT2D eigenvalue weighted by molar-refractivity contribution is 7.80. The lowest BCUT2D eigenvalue weighted by molar-refractivity contribution is 0.174. The Morgan fingerprint density at radius 3 is 2.60 bits per heavy atom. The third-order valence-electron chi connectivity index (χ3n) is 6.61. The van der Waals surface area contributed by atoms with Crippen LogP contribution in [0, 0.1) is 13.8 Å². The van der Waals surface area contributed by atoms with Crippen molar-refractivity contribution in [3.05, 3.63) is 101 Å². The van der Waals surface area contributed by atoms with E-state index in [9.17, 15) is 0 Å². The number of anilines is 1. The van der Waals surface area contributed by atoms with E-state index in [2.05, 4.69) is 39.7 Å². The van der Waals surface area contributed by atoms with Gasteiger partial charge in [-0.3, -0.25) is 4.98 Å². The Labute approximate surface area is 214 Å². The Bertz CT molecular complexity index is 1440. The van der Waals surface area contributed by atoms with Crippen molar-refractivity contribution >= 4 is 34.6 Å². The van der Waals surface area contributed by atoms with Crippen molar-refractivity contribution in [3.63, 3.8) is 0 Å². The van der Waals surface area contributed by atoms with Crippen molar-refractivity contribution in [2.45, 2.75) is 25.9 Å². The molecule has 2 aliphatic heterocycles. The van der Waals surface area contributed by atoms with E-state index in [1.807, 2.05) is 66.9 Å². The molecule has 4 aromatic rings. The van der Waals surface area contributed by atoms with Gasteiger partial charge >= 0.3 is 0 Å². The highest BCUT2D eigenvalue weighted by atomic mass is 35.5. The maximum atomic E-state index is 6.60. The summed E-state index contributed by atoms with van der Waals surface area (Å²) < 4.78 is 13.4. The number of ether oxygens (including phenoxy) is 2. The molecular formula is C27H23ClN4O2S. The zero-order chi connectivity index (χ0) is 24.1. The van der Waals surface area contributed by atoms with Crippen LogP contribution in [0.2, 0.25) is 5.02 Å². The van der Waals surface area contributed by atoms with Gasteiger partial charge in [0.2, 0.25) is 6.79 Å². The summed E-state index contributed by atoms with van der Waals surface area (Å²) in [6, 6.07) is 21.7. The Balaban J connectivity index is 1.52. The van der Waals surface area contributed by atoms with Gasteiger partial charge in [-0.1, -0.05) is 29.8 Å². The third kappa shape index (κ3) is 3.63. The Kier molecular flexibility index (Phi) is 5.39. The summed E-state index contributed by atoms with van der Waals surface area (Å²) in [6.07, 6.45) is 1.81. The van der Waals surface area contributed by atoms with Crippen molar-refractivity contribution < 1.29 is 9.47 Å². The molecule has 6 rings (SSSR count). The number of halogens is 1. The van der Waals surface area contributed by atoms with Crippen molar-refractivity contribution in [1.29, 1.82) is 0 Å². The molecule has 8 heteroatoms.